The second kappa shape index (κ2) is 8.55. The molecule has 1 aromatic rings. The van der Waals surface area contributed by atoms with Gasteiger partial charge < -0.3 is 14.8 Å². The lowest BCUT2D eigenvalue weighted by Crippen LogP contribution is -2.40. The topological polar surface area (TPSA) is 58.3 Å². The molecular weight excluding hydrogens is 379 g/mol. The minimum Gasteiger partial charge on any atom is -0.349 e. The van der Waals surface area contributed by atoms with Gasteiger partial charge >= 0.3 is 0 Å². The molecule has 0 spiro atoms. The summed E-state index contributed by atoms with van der Waals surface area (Å²) in [5.74, 6) is 3.46. The smallest absolute Gasteiger partial charge is 0.194 e. The average molecular weight is 406 g/mol. The highest BCUT2D eigenvalue weighted by atomic mass is 127. The lowest BCUT2D eigenvalue weighted by Gasteiger charge is -2.21. The number of aryl methyl sites for hydroxylation is 1. The Morgan fingerprint density at radius 1 is 1.52 bits per heavy atom. The number of rotatable bonds is 4. The molecule has 1 fully saturated rings. The number of halogens is 1. The van der Waals surface area contributed by atoms with Crippen LogP contribution in [0.4, 0.5) is 0 Å². The highest BCUT2D eigenvalue weighted by Gasteiger charge is 2.25. The zero-order chi connectivity index (χ0) is 14.5. The molecule has 2 rings (SSSR count). The number of hydrogen-bond acceptors (Lipinski definition) is 3. The Morgan fingerprint density at radius 2 is 2.29 bits per heavy atom. The monoisotopic (exact) mass is 406 g/mol. The average Bonchev–Trinajstić information content (AvgIpc) is 3.00. The van der Waals surface area contributed by atoms with Crippen molar-refractivity contribution in [1.82, 2.24) is 25.0 Å². The highest BCUT2D eigenvalue weighted by Crippen LogP contribution is 2.23. The summed E-state index contributed by atoms with van der Waals surface area (Å²) in [6, 6.07) is 0. The molecule has 1 saturated heterocycles. The molecule has 21 heavy (non-hydrogen) atoms. The van der Waals surface area contributed by atoms with Crippen molar-refractivity contribution in [2.45, 2.75) is 33.2 Å². The van der Waals surface area contributed by atoms with Crippen LogP contribution in [0.1, 0.15) is 32.5 Å². The van der Waals surface area contributed by atoms with Gasteiger partial charge in [-0.15, -0.1) is 34.2 Å². The first-order valence-electron chi connectivity index (χ1n) is 7.38. The molecule has 1 N–H and O–H groups in total. The summed E-state index contributed by atoms with van der Waals surface area (Å²) in [5, 5.41) is 11.3. The standard InChI is InChI=1S/C14H26N6.HI/c1-11(2)7-12-5-6-20(9-12)14(15-3)16-8-13-18-17-10-19(13)4;/h10-12H,5-9H2,1-4H3,(H,15,16);1H. The summed E-state index contributed by atoms with van der Waals surface area (Å²) in [6.45, 7) is 7.45. The molecule has 1 unspecified atom stereocenters. The van der Waals surface area contributed by atoms with Crippen LogP contribution < -0.4 is 5.32 Å². The summed E-state index contributed by atoms with van der Waals surface area (Å²) in [6.07, 6.45) is 4.29. The fraction of sp³-hybridized carbons (Fsp3) is 0.786. The van der Waals surface area contributed by atoms with E-state index in [0.717, 1.165) is 36.7 Å². The molecule has 0 aliphatic carbocycles. The fourth-order valence-electron chi connectivity index (χ4n) is 2.84. The Labute approximate surface area is 144 Å². The Hall–Kier alpha value is -0.860. The number of aliphatic imine (C=N–C) groups is 1. The highest BCUT2D eigenvalue weighted by molar-refractivity contribution is 14.0. The second-order valence-corrected chi connectivity index (χ2v) is 5.99. The van der Waals surface area contributed by atoms with Crippen LogP contribution in [-0.2, 0) is 13.6 Å². The van der Waals surface area contributed by atoms with E-state index in [9.17, 15) is 0 Å². The summed E-state index contributed by atoms with van der Waals surface area (Å²) in [5.41, 5.74) is 0. The first-order valence-corrected chi connectivity index (χ1v) is 7.38. The normalized spacial score (nSPS) is 19.0. The third kappa shape index (κ3) is 5.12. The molecule has 0 aromatic carbocycles. The van der Waals surface area contributed by atoms with Crippen molar-refractivity contribution in [2.24, 2.45) is 23.9 Å². The van der Waals surface area contributed by atoms with Crippen LogP contribution in [-0.4, -0.2) is 45.8 Å². The number of aromatic nitrogens is 3. The van der Waals surface area contributed by atoms with Gasteiger partial charge in [0.2, 0.25) is 0 Å². The third-order valence-electron chi connectivity index (χ3n) is 3.81. The van der Waals surface area contributed by atoms with Gasteiger partial charge in [-0.1, -0.05) is 13.8 Å². The van der Waals surface area contributed by atoms with Crippen LogP contribution in [0.25, 0.3) is 0 Å². The summed E-state index contributed by atoms with van der Waals surface area (Å²) in [7, 11) is 3.79. The van der Waals surface area contributed by atoms with Crippen molar-refractivity contribution in [2.75, 3.05) is 20.1 Å². The van der Waals surface area contributed by atoms with E-state index in [1.807, 2.05) is 18.7 Å². The zero-order valence-corrected chi connectivity index (χ0v) is 15.7. The first kappa shape index (κ1) is 18.2. The van der Waals surface area contributed by atoms with Crippen molar-refractivity contribution in [1.29, 1.82) is 0 Å². The summed E-state index contributed by atoms with van der Waals surface area (Å²) in [4.78, 5) is 6.74. The molecule has 1 aliphatic heterocycles. The number of hydrogen-bond donors (Lipinski definition) is 1. The van der Waals surface area contributed by atoms with E-state index in [-0.39, 0.29) is 24.0 Å². The van der Waals surface area contributed by atoms with Gasteiger partial charge in [-0.3, -0.25) is 4.99 Å². The summed E-state index contributed by atoms with van der Waals surface area (Å²) < 4.78 is 1.92. The number of nitrogens with one attached hydrogen (secondary N) is 1. The third-order valence-corrected chi connectivity index (χ3v) is 3.81. The van der Waals surface area contributed by atoms with Gasteiger partial charge in [0.05, 0.1) is 6.54 Å². The molecule has 7 heteroatoms. The van der Waals surface area contributed by atoms with Gasteiger partial charge in [0.15, 0.2) is 11.8 Å². The predicted molar refractivity (Wildman–Crippen MR) is 95.8 cm³/mol. The van der Waals surface area contributed by atoms with E-state index in [1.165, 1.54) is 12.8 Å². The Bertz CT molecular complexity index is 456. The van der Waals surface area contributed by atoms with Crippen LogP contribution in [0.2, 0.25) is 0 Å². The second-order valence-electron chi connectivity index (χ2n) is 5.99. The quantitative estimate of drug-likeness (QED) is 0.471. The maximum atomic E-state index is 4.39. The van der Waals surface area contributed by atoms with Crippen LogP contribution >= 0.6 is 24.0 Å². The largest absolute Gasteiger partial charge is 0.349 e. The number of likely N-dealkylation sites (tertiary alicyclic amines) is 1. The minimum absolute atomic E-state index is 0. The van der Waals surface area contributed by atoms with Gasteiger partial charge in [-0.25, -0.2) is 0 Å². The Kier molecular flexibility index (Phi) is 7.41. The molecule has 1 atom stereocenters. The number of guanidine groups is 1. The summed E-state index contributed by atoms with van der Waals surface area (Å²) >= 11 is 0. The van der Waals surface area contributed by atoms with Crippen molar-refractivity contribution in [3.8, 4) is 0 Å². The lowest BCUT2D eigenvalue weighted by molar-refractivity contribution is 0.403. The van der Waals surface area contributed by atoms with E-state index in [0.29, 0.717) is 6.54 Å². The van der Waals surface area contributed by atoms with Crippen molar-refractivity contribution in [3.63, 3.8) is 0 Å². The maximum absolute atomic E-state index is 4.39. The molecule has 2 heterocycles. The van der Waals surface area contributed by atoms with Crippen molar-refractivity contribution >= 4 is 29.9 Å². The zero-order valence-electron chi connectivity index (χ0n) is 13.4. The SMILES string of the molecule is CN=C(NCc1nncn1C)N1CCC(CC(C)C)C1.I. The minimum atomic E-state index is 0. The van der Waals surface area contributed by atoms with Crippen LogP contribution in [0, 0.1) is 11.8 Å². The number of nitrogens with zero attached hydrogens (tertiary/aromatic N) is 5. The first-order chi connectivity index (χ1) is 9.60. The molecule has 6 nitrogen and oxygen atoms in total. The fourth-order valence-corrected chi connectivity index (χ4v) is 2.84. The van der Waals surface area contributed by atoms with Gasteiger partial charge in [-0.05, 0) is 24.7 Å². The maximum Gasteiger partial charge on any atom is 0.194 e. The van der Waals surface area contributed by atoms with Crippen molar-refractivity contribution < 1.29 is 0 Å². The molecular formula is C14H27IN6. The van der Waals surface area contributed by atoms with E-state index in [4.69, 9.17) is 0 Å². The van der Waals surface area contributed by atoms with Gasteiger partial charge in [0.25, 0.3) is 0 Å². The molecule has 0 radical (unpaired) electrons. The van der Waals surface area contributed by atoms with E-state index < -0.39 is 0 Å². The van der Waals surface area contributed by atoms with E-state index in [1.54, 1.807) is 6.33 Å². The molecule has 0 bridgehead atoms. The van der Waals surface area contributed by atoms with Crippen LogP contribution in [0.15, 0.2) is 11.3 Å². The van der Waals surface area contributed by atoms with Gasteiger partial charge in [-0.2, -0.15) is 0 Å². The Balaban J connectivity index is 0.00000220. The van der Waals surface area contributed by atoms with E-state index in [2.05, 4.69) is 39.3 Å². The predicted octanol–water partition coefficient (Wildman–Crippen LogP) is 1.88. The van der Waals surface area contributed by atoms with Gasteiger partial charge in [0.1, 0.15) is 6.33 Å². The van der Waals surface area contributed by atoms with E-state index >= 15 is 0 Å². The van der Waals surface area contributed by atoms with Crippen LogP contribution in [0.5, 0.6) is 0 Å². The lowest BCUT2D eigenvalue weighted by atomic mass is 9.97. The van der Waals surface area contributed by atoms with Crippen LogP contribution in [0.3, 0.4) is 0 Å². The molecule has 1 aromatic heterocycles. The molecule has 0 amide bonds. The van der Waals surface area contributed by atoms with Crippen molar-refractivity contribution in [3.05, 3.63) is 12.2 Å². The molecule has 0 saturated carbocycles. The molecule has 120 valence electrons. The van der Waals surface area contributed by atoms with Gasteiger partial charge in [0, 0.05) is 27.2 Å². The Morgan fingerprint density at radius 3 is 2.86 bits per heavy atom. The molecule has 1 aliphatic rings.